The Bertz CT molecular complexity index is 256. The first-order valence-electron chi connectivity index (χ1n) is 4.31. The number of cyclic esters (lactones) is 1. The van der Waals surface area contributed by atoms with Crippen molar-refractivity contribution in [2.45, 2.75) is 35.3 Å². The van der Waals surface area contributed by atoms with Gasteiger partial charge in [-0.1, -0.05) is 22.6 Å². The zero-order valence-corrected chi connectivity index (χ0v) is 9.11. The normalized spacial score (nSPS) is 39.0. The lowest BCUT2D eigenvalue weighted by Crippen LogP contribution is -2.36. The van der Waals surface area contributed by atoms with E-state index in [1.165, 1.54) is 0 Å². The molecule has 0 spiro atoms. The number of esters is 1. The third kappa shape index (κ3) is 1.79. The van der Waals surface area contributed by atoms with E-state index in [1.807, 2.05) is 0 Å². The zero-order chi connectivity index (χ0) is 9.42. The molecule has 2 aliphatic rings. The second kappa shape index (κ2) is 3.43. The number of alkyl halides is 1. The molecular formula is C8H10INO3. The Morgan fingerprint density at radius 2 is 2.23 bits per heavy atom. The largest absolute Gasteiger partial charge is 0.460 e. The molecule has 2 fully saturated rings. The number of carbonyl (C=O) groups is 2. The molecule has 0 aromatic rings. The van der Waals surface area contributed by atoms with Crippen LogP contribution < -0.4 is 5.32 Å². The monoisotopic (exact) mass is 295 g/mol. The topological polar surface area (TPSA) is 55.4 Å². The number of carbonyl (C=O) groups excluding carboxylic acids is 2. The standard InChI is InChI=1S/C8H10INO3/c9-4-3-5(10-8(4)12)6-1-2-7(11)13-6/h4-6H,1-3H2,(H,10,12)/t4?,5-,6-/m0/s1. The van der Waals surface area contributed by atoms with Crippen LogP contribution in [0.2, 0.25) is 0 Å². The summed E-state index contributed by atoms with van der Waals surface area (Å²) in [6.45, 7) is 0. The van der Waals surface area contributed by atoms with Gasteiger partial charge in [0.2, 0.25) is 5.91 Å². The molecule has 0 saturated carbocycles. The van der Waals surface area contributed by atoms with Gasteiger partial charge in [-0.15, -0.1) is 0 Å². The number of hydrogen-bond acceptors (Lipinski definition) is 3. The maximum atomic E-state index is 11.2. The fraction of sp³-hybridized carbons (Fsp3) is 0.750. The summed E-state index contributed by atoms with van der Waals surface area (Å²) in [4.78, 5) is 22.0. The summed E-state index contributed by atoms with van der Waals surface area (Å²) < 4.78 is 5.11. The molecule has 0 radical (unpaired) electrons. The zero-order valence-electron chi connectivity index (χ0n) is 6.96. The number of ether oxygens (including phenoxy) is 1. The van der Waals surface area contributed by atoms with Crippen LogP contribution in [0.4, 0.5) is 0 Å². The molecule has 2 aliphatic heterocycles. The second-order valence-electron chi connectivity index (χ2n) is 3.39. The van der Waals surface area contributed by atoms with Gasteiger partial charge in [-0.3, -0.25) is 9.59 Å². The molecule has 0 aliphatic carbocycles. The van der Waals surface area contributed by atoms with Crippen molar-refractivity contribution in [2.24, 2.45) is 0 Å². The fourth-order valence-corrected chi connectivity index (χ4v) is 2.46. The van der Waals surface area contributed by atoms with E-state index in [4.69, 9.17) is 4.74 Å². The summed E-state index contributed by atoms with van der Waals surface area (Å²) in [5, 5.41) is 2.84. The number of halogens is 1. The second-order valence-corrected chi connectivity index (χ2v) is 4.89. The van der Waals surface area contributed by atoms with E-state index in [0.717, 1.165) is 12.8 Å². The molecule has 72 valence electrons. The van der Waals surface area contributed by atoms with E-state index >= 15 is 0 Å². The Hall–Kier alpha value is -0.330. The maximum absolute atomic E-state index is 11.2. The lowest BCUT2D eigenvalue weighted by Gasteiger charge is -2.16. The molecule has 3 atom stereocenters. The van der Waals surface area contributed by atoms with Gasteiger partial charge in [-0.05, 0) is 12.8 Å². The minimum Gasteiger partial charge on any atom is -0.460 e. The lowest BCUT2D eigenvalue weighted by atomic mass is 10.1. The molecular weight excluding hydrogens is 285 g/mol. The Morgan fingerprint density at radius 1 is 1.46 bits per heavy atom. The summed E-state index contributed by atoms with van der Waals surface area (Å²) in [5.41, 5.74) is 0. The predicted molar refractivity (Wildman–Crippen MR) is 53.5 cm³/mol. The van der Waals surface area contributed by atoms with Crippen LogP contribution in [0, 0.1) is 0 Å². The SMILES string of the molecule is O=C1CC[C@@H]([C@@H]2CC(I)C(=O)N2)O1. The van der Waals surface area contributed by atoms with Crippen LogP contribution in [0.15, 0.2) is 0 Å². The average molecular weight is 295 g/mol. The van der Waals surface area contributed by atoms with Gasteiger partial charge in [-0.25, -0.2) is 0 Å². The Balaban J connectivity index is 1.96. The van der Waals surface area contributed by atoms with Gasteiger partial charge < -0.3 is 10.1 Å². The third-order valence-corrected chi connectivity index (χ3v) is 3.51. The van der Waals surface area contributed by atoms with Gasteiger partial charge in [0.15, 0.2) is 0 Å². The molecule has 4 nitrogen and oxygen atoms in total. The van der Waals surface area contributed by atoms with Crippen LogP contribution in [0.1, 0.15) is 19.3 Å². The van der Waals surface area contributed by atoms with Gasteiger partial charge in [0.25, 0.3) is 0 Å². The van der Waals surface area contributed by atoms with Crippen LogP contribution in [-0.4, -0.2) is 27.9 Å². The Labute approximate surface area is 89.5 Å². The van der Waals surface area contributed by atoms with E-state index in [-0.39, 0.29) is 27.9 Å². The molecule has 2 heterocycles. The van der Waals surface area contributed by atoms with E-state index < -0.39 is 0 Å². The number of amides is 1. The van der Waals surface area contributed by atoms with Crippen molar-refractivity contribution in [3.63, 3.8) is 0 Å². The van der Waals surface area contributed by atoms with E-state index in [9.17, 15) is 9.59 Å². The molecule has 13 heavy (non-hydrogen) atoms. The number of rotatable bonds is 1. The van der Waals surface area contributed by atoms with Crippen molar-refractivity contribution in [3.8, 4) is 0 Å². The van der Waals surface area contributed by atoms with E-state index in [2.05, 4.69) is 27.9 Å². The van der Waals surface area contributed by atoms with Crippen molar-refractivity contribution in [1.29, 1.82) is 0 Å². The highest BCUT2D eigenvalue weighted by Gasteiger charge is 2.39. The molecule has 2 rings (SSSR count). The predicted octanol–water partition coefficient (Wildman–Crippen LogP) is 0.384. The van der Waals surface area contributed by atoms with Crippen LogP contribution >= 0.6 is 22.6 Å². The molecule has 2 saturated heterocycles. The maximum Gasteiger partial charge on any atom is 0.306 e. The highest BCUT2D eigenvalue weighted by atomic mass is 127. The van der Waals surface area contributed by atoms with Crippen molar-refractivity contribution in [1.82, 2.24) is 5.32 Å². The molecule has 1 N–H and O–H groups in total. The highest BCUT2D eigenvalue weighted by molar-refractivity contribution is 14.1. The summed E-state index contributed by atoms with van der Waals surface area (Å²) in [5.74, 6) is -0.0790. The molecule has 0 bridgehead atoms. The Kier molecular flexibility index (Phi) is 2.44. The molecule has 1 unspecified atom stereocenters. The first kappa shape index (κ1) is 9.23. The summed E-state index contributed by atoms with van der Waals surface area (Å²) in [6.07, 6.45) is 1.92. The number of hydrogen-bond donors (Lipinski definition) is 1. The van der Waals surface area contributed by atoms with Crippen LogP contribution in [0.3, 0.4) is 0 Å². The minimum absolute atomic E-state index is 0.0295. The summed E-state index contributed by atoms with van der Waals surface area (Å²) in [6, 6.07) is 0.0425. The fourth-order valence-electron chi connectivity index (χ4n) is 1.74. The molecule has 0 aromatic carbocycles. The van der Waals surface area contributed by atoms with Gasteiger partial charge in [-0.2, -0.15) is 0 Å². The summed E-state index contributed by atoms with van der Waals surface area (Å²) >= 11 is 2.11. The number of nitrogens with one attached hydrogen (secondary N) is 1. The van der Waals surface area contributed by atoms with E-state index in [0.29, 0.717) is 6.42 Å². The molecule has 0 aromatic heterocycles. The van der Waals surface area contributed by atoms with Crippen molar-refractivity contribution >= 4 is 34.5 Å². The summed E-state index contributed by atoms with van der Waals surface area (Å²) in [7, 11) is 0. The molecule has 5 heteroatoms. The van der Waals surface area contributed by atoms with Crippen molar-refractivity contribution in [3.05, 3.63) is 0 Å². The van der Waals surface area contributed by atoms with Crippen molar-refractivity contribution in [2.75, 3.05) is 0 Å². The highest BCUT2D eigenvalue weighted by Crippen LogP contribution is 2.25. The van der Waals surface area contributed by atoms with Crippen LogP contribution in [0.25, 0.3) is 0 Å². The first-order valence-corrected chi connectivity index (χ1v) is 5.55. The minimum atomic E-state index is -0.142. The van der Waals surface area contributed by atoms with E-state index in [1.54, 1.807) is 0 Å². The smallest absolute Gasteiger partial charge is 0.306 e. The van der Waals surface area contributed by atoms with Gasteiger partial charge in [0.1, 0.15) is 6.10 Å². The average Bonchev–Trinajstić information content (AvgIpc) is 2.61. The first-order chi connectivity index (χ1) is 6.16. The van der Waals surface area contributed by atoms with Crippen LogP contribution in [0.5, 0.6) is 0 Å². The van der Waals surface area contributed by atoms with Gasteiger partial charge in [0, 0.05) is 6.42 Å². The molecule has 1 amide bonds. The Morgan fingerprint density at radius 3 is 2.69 bits per heavy atom. The van der Waals surface area contributed by atoms with Gasteiger partial charge in [0.05, 0.1) is 9.97 Å². The third-order valence-electron chi connectivity index (χ3n) is 2.44. The quantitative estimate of drug-likeness (QED) is 0.432. The lowest BCUT2D eigenvalue weighted by molar-refractivity contribution is -0.142. The van der Waals surface area contributed by atoms with Crippen LogP contribution in [-0.2, 0) is 14.3 Å². The van der Waals surface area contributed by atoms with Crippen molar-refractivity contribution < 1.29 is 14.3 Å². The van der Waals surface area contributed by atoms with Gasteiger partial charge >= 0.3 is 5.97 Å².